The number of nitrogens with zero attached hydrogens (tertiary/aromatic N) is 4. The normalized spacial score (nSPS) is 26.0. The van der Waals surface area contributed by atoms with Gasteiger partial charge in [-0.1, -0.05) is 58.8 Å². The van der Waals surface area contributed by atoms with Gasteiger partial charge in [0.2, 0.25) is 5.91 Å². The maximum absolute atomic E-state index is 13.9. The van der Waals surface area contributed by atoms with E-state index < -0.39 is 8.07 Å². The Hall–Kier alpha value is -2.19. The zero-order chi connectivity index (χ0) is 26.2. The molecule has 7 nitrogen and oxygen atoms in total. The molecule has 3 aliphatic heterocycles. The summed E-state index contributed by atoms with van der Waals surface area (Å²) in [7, 11) is -1.16. The molecule has 2 aromatic heterocycles. The van der Waals surface area contributed by atoms with Gasteiger partial charge in [0.25, 0.3) is 0 Å². The first kappa shape index (κ1) is 26.4. The molecule has 4 aliphatic rings. The summed E-state index contributed by atoms with van der Waals surface area (Å²) in [6.07, 6.45) is 7.90. The monoisotopic (exact) mass is 523 g/mol. The lowest BCUT2D eigenvalue weighted by Gasteiger charge is -2.35. The third-order valence-corrected chi connectivity index (χ3v) is 10.6. The first-order valence-electron chi connectivity index (χ1n) is 14.3. The average molecular weight is 524 g/mol. The van der Waals surface area contributed by atoms with E-state index in [1.165, 1.54) is 31.4 Å². The van der Waals surface area contributed by atoms with Crippen LogP contribution in [0.3, 0.4) is 0 Å². The summed E-state index contributed by atoms with van der Waals surface area (Å²) in [6, 6.07) is 7.42. The Morgan fingerprint density at radius 1 is 1.19 bits per heavy atom. The molecule has 2 aromatic rings. The van der Waals surface area contributed by atoms with Crippen LogP contribution in [0.15, 0.2) is 18.2 Å². The van der Waals surface area contributed by atoms with E-state index in [0.29, 0.717) is 25.7 Å². The number of anilines is 2. The number of carbonyl (C=O) groups is 1. The Morgan fingerprint density at radius 2 is 2.00 bits per heavy atom. The zero-order valence-corrected chi connectivity index (χ0v) is 24.5. The predicted molar refractivity (Wildman–Crippen MR) is 150 cm³/mol. The Balaban J connectivity index is 1.43. The smallest absolute Gasteiger partial charge is 0.229 e. The van der Waals surface area contributed by atoms with Crippen LogP contribution in [0.25, 0.3) is 0 Å². The molecule has 1 N–H and O–H groups in total. The highest BCUT2D eigenvalue weighted by Crippen LogP contribution is 2.44. The number of nitrogens with one attached hydrogen (secondary N) is 1. The van der Waals surface area contributed by atoms with Crippen LogP contribution in [0.2, 0.25) is 25.7 Å². The van der Waals surface area contributed by atoms with Gasteiger partial charge in [-0.3, -0.25) is 4.79 Å². The molecular formula is C29H45N5O2Si. The van der Waals surface area contributed by atoms with E-state index in [2.05, 4.69) is 50.9 Å². The molecule has 0 spiro atoms. The highest BCUT2D eigenvalue weighted by molar-refractivity contribution is 6.76. The van der Waals surface area contributed by atoms with Crippen LogP contribution in [0.5, 0.6) is 0 Å². The standard InChI is InChI=1S/C29H45N5O2Si/c1-6-29(2)13-8-7-10-21-16-22(17-21)24-11-9-12-26(30-24)31-27-23-18-33(28(29)35)19-25(23)34(32-27)20-36-14-15-37(3,4)5/h9,11-12,21-22H,6-8,10,13-20H2,1-5H3,(H,30,31,32). The molecule has 202 valence electrons. The maximum atomic E-state index is 13.9. The van der Waals surface area contributed by atoms with Crippen molar-refractivity contribution in [1.82, 2.24) is 19.7 Å². The largest absolute Gasteiger partial charge is 0.360 e. The highest BCUT2D eigenvalue weighted by Gasteiger charge is 2.40. The molecule has 1 amide bonds. The van der Waals surface area contributed by atoms with Gasteiger partial charge in [-0.05, 0) is 49.8 Å². The van der Waals surface area contributed by atoms with Crippen molar-refractivity contribution in [3.05, 3.63) is 35.2 Å². The predicted octanol–water partition coefficient (Wildman–Crippen LogP) is 6.66. The third-order valence-electron chi connectivity index (χ3n) is 8.91. The topological polar surface area (TPSA) is 72.3 Å². The van der Waals surface area contributed by atoms with Crippen molar-refractivity contribution in [2.75, 3.05) is 11.9 Å². The number of pyridine rings is 1. The second-order valence-electron chi connectivity index (χ2n) is 13.0. The Morgan fingerprint density at radius 3 is 2.76 bits per heavy atom. The summed E-state index contributed by atoms with van der Waals surface area (Å²) in [5.41, 5.74) is 3.06. The van der Waals surface area contributed by atoms with Crippen LogP contribution >= 0.6 is 0 Å². The number of fused-ring (bicyclic) bond motifs is 5. The van der Waals surface area contributed by atoms with Crippen molar-refractivity contribution in [2.24, 2.45) is 11.3 Å². The first-order valence-corrected chi connectivity index (χ1v) is 18.1. The molecule has 1 atom stereocenters. The fraction of sp³-hybridized carbons (Fsp3) is 0.690. The quantitative estimate of drug-likeness (QED) is 0.339. The lowest BCUT2D eigenvalue weighted by molar-refractivity contribution is -0.142. The molecule has 1 unspecified atom stereocenters. The molecule has 5 heterocycles. The second kappa shape index (κ2) is 10.5. The molecule has 0 aromatic carbocycles. The Bertz CT molecular complexity index is 1120. The minimum absolute atomic E-state index is 0.275. The van der Waals surface area contributed by atoms with E-state index in [1.807, 2.05) is 15.6 Å². The van der Waals surface area contributed by atoms with Gasteiger partial charge in [0.05, 0.1) is 18.8 Å². The summed E-state index contributed by atoms with van der Waals surface area (Å²) in [4.78, 5) is 20.9. The van der Waals surface area contributed by atoms with Crippen LogP contribution in [0.1, 0.15) is 81.7 Å². The first-order chi connectivity index (χ1) is 17.6. The molecule has 1 fully saturated rings. The van der Waals surface area contributed by atoms with E-state index in [9.17, 15) is 4.79 Å². The fourth-order valence-corrected chi connectivity index (χ4v) is 6.79. The van der Waals surface area contributed by atoms with Gasteiger partial charge < -0.3 is 15.0 Å². The number of rotatable bonds is 6. The lowest BCUT2D eigenvalue weighted by Crippen LogP contribution is -2.39. The molecule has 0 saturated heterocycles. The van der Waals surface area contributed by atoms with Crippen molar-refractivity contribution in [2.45, 2.75) is 110 Å². The van der Waals surface area contributed by atoms with E-state index in [4.69, 9.17) is 14.8 Å². The fourth-order valence-electron chi connectivity index (χ4n) is 6.03. The number of amides is 1. The summed E-state index contributed by atoms with van der Waals surface area (Å²) >= 11 is 0. The lowest BCUT2D eigenvalue weighted by atomic mass is 9.70. The van der Waals surface area contributed by atoms with Gasteiger partial charge in [0, 0.05) is 37.3 Å². The summed E-state index contributed by atoms with van der Waals surface area (Å²) in [5.74, 6) is 3.27. The van der Waals surface area contributed by atoms with Gasteiger partial charge in [-0.25, -0.2) is 9.67 Å². The van der Waals surface area contributed by atoms with Crippen LogP contribution < -0.4 is 5.32 Å². The minimum atomic E-state index is -1.16. The van der Waals surface area contributed by atoms with Crippen molar-refractivity contribution in [1.29, 1.82) is 0 Å². The highest BCUT2D eigenvalue weighted by atomic mass is 28.3. The molecule has 6 rings (SSSR count). The van der Waals surface area contributed by atoms with Crippen LogP contribution in [0.4, 0.5) is 11.6 Å². The molecule has 1 saturated carbocycles. The van der Waals surface area contributed by atoms with E-state index >= 15 is 0 Å². The second-order valence-corrected chi connectivity index (χ2v) is 18.7. The number of aromatic nitrogens is 3. The molecule has 6 bridgehead atoms. The number of carbonyl (C=O) groups excluding carboxylic acids is 1. The van der Waals surface area contributed by atoms with Gasteiger partial charge in [0.15, 0.2) is 5.82 Å². The van der Waals surface area contributed by atoms with Gasteiger partial charge in [-0.15, -0.1) is 0 Å². The van der Waals surface area contributed by atoms with Crippen molar-refractivity contribution < 1.29 is 9.53 Å². The molecule has 8 heteroatoms. The summed E-state index contributed by atoms with van der Waals surface area (Å²) in [6.45, 7) is 13.8. The Kier molecular flexibility index (Phi) is 7.51. The van der Waals surface area contributed by atoms with E-state index in [0.717, 1.165) is 60.7 Å². The van der Waals surface area contributed by atoms with Gasteiger partial charge >= 0.3 is 0 Å². The van der Waals surface area contributed by atoms with Crippen molar-refractivity contribution >= 4 is 25.6 Å². The van der Waals surface area contributed by atoms with Crippen LogP contribution in [-0.2, 0) is 29.4 Å². The molecule has 1 aliphatic carbocycles. The van der Waals surface area contributed by atoms with Crippen LogP contribution in [-0.4, -0.2) is 40.3 Å². The third kappa shape index (κ3) is 5.80. The SMILES string of the molecule is CCC1(C)CCCCC2CC(C2)c2cccc(n2)Nc2nn(COCC[Si](C)(C)C)c3c2CN(C3)C1=O. The van der Waals surface area contributed by atoms with Gasteiger partial charge in [-0.2, -0.15) is 5.10 Å². The summed E-state index contributed by atoms with van der Waals surface area (Å²) < 4.78 is 8.05. The zero-order valence-electron chi connectivity index (χ0n) is 23.5. The molecule has 0 radical (unpaired) electrons. The van der Waals surface area contributed by atoms with Crippen molar-refractivity contribution in [3.63, 3.8) is 0 Å². The maximum Gasteiger partial charge on any atom is 0.229 e. The Labute approximate surface area is 223 Å². The summed E-state index contributed by atoms with van der Waals surface area (Å²) in [5, 5.41) is 8.44. The number of hydrogen-bond donors (Lipinski definition) is 1. The number of ether oxygens (including phenoxy) is 1. The van der Waals surface area contributed by atoms with Crippen molar-refractivity contribution in [3.8, 4) is 0 Å². The van der Waals surface area contributed by atoms with E-state index in [-0.39, 0.29) is 11.3 Å². The number of hydrogen-bond acceptors (Lipinski definition) is 5. The van der Waals surface area contributed by atoms with Gasteiger partial charge in [0.1, 0.15) is 12.5 Å². The minimum Gasteiger partial charge on any atom is -0.360 e. The average Bonchev–Trinajstić information content (AvgIpc) is 3.39. The van der Waals surface area contributed by atoms with Crippen LogP contribution in [0, 0.1) is 11.3 Å². The molecular weight excluding hydrogens is 478 g/mol. The van der Waals surface area contributed by atoms with E-state index in [1.54, 1.807) is 0 Å². The molecule has 37 heavy (non-hydrogen) atoms.